The number of hydrogen-bond donors (Lipinski definition) is 1. The lowest BCUT2D eigenvalue weighted by Gasteiger charge is -2.00. The van der Waals surface area contributed by atoms with Crippen molar-refractivity contribution in [1.29, 1.82) is 0 Å². The number of hydrogen-bond acceptors (Lipinski definition) is 2. The summed E-state index contributed by atoms with van der Waals surface area (Å²) in [6, 6.07) is 0. The van der Waals surface area contributed by atoms with Crippen LogP contribution in [0.15, 0.2) is 12.2 Å². The number of rotatable bonds is 3. The molecule has 0 rings (SSSR count). The van der Waals surface area contributed by atoms with Crippen molar-refractivity contribution in [2.45, 2.75) is 13.8 Å². The lowest BCUT2D eigenvalue weighted by molar-refractivity contribution is 0.153. The van der Waals surface area contributed by atoms with Gasteiger partial charge in [-0.1, -0.05) is 12.2 Å². The fourth-order valence-electron chi connectivity index (χ4n) is 0.442. The number of allylic oxidation sites excluding steroid dienone is 1. The second-order valence-corrected chi connectivity index (χ2v) is 1.67. The van der Waals surface area contributed by atoms with Crippen molar-refractivity contribution >= 4 is 6.09 Å². The van der Waals surface area contributed by atoms with Crippen LogP contribution in [0.3, 0.4) is 0 Å². The molecule has 0 aromatic heterocycles. The molecule has 0 atom stereocenters. The molecule has 0 aromatic carbocycles. The maximum Gasteiger partial charge on any atom is 0.407 e. The summed E-state index contributed by atoms with van der Waals surface area (Å²) in [6.45, 7) is 4.62. The van der Waals surface area contributed by atoms with E-state index in [1.807, 2.05) is 19.1 Å². The van der Waals surface area contributed by atoms with E-state index in [9.17, 15) is 4.79 Å². The van der Waals surface area contributed by atoms with Gasteiger partial charge in [-0.2, -0.15) is 0 Å². The van der Waals surface area contributed by atoms with Crippen molar-refractivity contribution < 1.29 is 9.53 Å². The van der Waals surface area contributed by atoms with Crippen molar-refractivity contribution in [2.75, 3.05) is 13.2 Å². The van der Waals surface area contributed by atoms with E-state index in [0.717, 1.165) is 0 Å². The Morgan fingerprint density at radius 3 is 2.90 bits per heavy atom. The van der Waals surface area contributed by atoms with E-state index >= 15 is 0 Å². The van der Waals surface area contributed by atoms with Crippen LogP contribution < -0.4 is 5.32 Å². The molecule has 0 saturated carbocycles. The Hall–Kier alpha value is -0.990. The fraction of sp³-hybridized carbons (Fsp3) is 0.571. The highest BCUT2D eigenvalue weighted by atomic mass is 16.5. The first-order valence-electron chi connectivity index (χ1n) is 3.33. The van der Waals surface area contributed by atoms with E-state index in [4.69, 9.17) is 0 Å². The number of nitrogens with one attached hydrogen (secondary N) is 1. The Morgan fingerprint density at radius 2 is 2.40 bits per heavy atom. The zero-order valence-electron chi connectivity index (χ0n) is 6.39. The molecule has 0 heterocycles. The number of ether oxygens (including phenoxy) is 1. The third kappa shape index (κ3) is 5.15. The average molecular weight is 143 g/mol. The van der Waals surface area contributed by atoms with Gasteiger partial charge in [0.05, 0.1) is 6.61 Å². The van der Waals surface area contributed by atoms with Crippen molar-refractivity contribution in [2.24, 2.45) is 0 Å². The molecule has 3 nitrogen and oxygen atoms in total. The Balaban J connectivity index is 3.21. The standard InChI is InChI=1S/C7H13NO2/c1-3-5-6-8-7(9)10-4-2/h3,5H,4,6H2,1-2H3,(H,8,9)/b5-3+. The topological polar surface area (TPSA) is 38.3 Å². The Bertz CT molecular complexity index is 121. The molecule has 0 saturated heterocycles. The maximum absolute atomic E-state index is 10.6. The minimum Gasteiger partial charge on any atom is -0.450 e. The smallest absolute Gasteiger partial charge is 0.407 e. The third-order valence-electron chi connectivity index (χ3n) is 0.875. The van der Waals surface area contributed by atoms with Gasteiger partial charge in [0.1, 0.15) is 0 Å². The fourth-order valence-corrected chi connectivity index (χ4v) is 0.442. The first kappa shape index (κ1) is 9.01. The number of alkyl carbamates (subject to hydrolysis) is 1. The van der Waals surface area contributed by atoms with Crippen molar-refractivity contribution in [3.63, 3.8) is 0 Å². The molecule has 1 N–H and O–H groups in total. The summed E-state index contributed by atoms with van der Waals surface area (Å²) in [6.07, 6.45) is 3.35. The first-order chi connectivity index (χ1) is 4.81. The summed E-state index contributed by atoms with van der Waals surface area (Å²) in [5.74, 6) is 0. The molecule has 0 spiro atoms. The van der Waals surface area contributed by atoms with Gasteiger partial charge in [0.2, 0.25) is 0 Å². The van der Waals surface area contributed by atoms with Crippen molar-refractivity contribution in [3.8, 4) is 0 Å². The van der Waals surface area contributed by atoms with Gasteiger partial charge in [-0.05, 0) is 13.8 Å². The molecule has 0 bridgehead atoms. The lowest BCUT2D eigenvalue weighted by atomic mass is 10.5. The summed E-state index contributed by atoms with van der Waals surface area (Å²) < 4.78 is 4.60. The van der Waals surface area contributed by atoms with Gasteiger partial charge in [0, 0.05) is 6.54 Å². The molecule has 0 unspecified atom stereocenters. The van der Waals surface area contributed by atoms with Crippen LogP contribution in [0.4, 0.5) is 4.79 Å². The lowest BCUT2D eigenvalue weighted by Crippen LogP contribution is -2.23. The summed E-state index contributed by atoms with van der Waals surface area (Å²) in [7, 11) is 0. The zero-order valence-corrected chi connectivity index (χ0v) is 6.39. The zero-order chi connectivity index (χ0) is 7.82. The predicted molar refractivity (Wildman–Crippen MR) is 39.8 cm³/mol. The molecule has 0 fully saturated rings. The molecule has 0 aliphatic carbocycles. The largest absolute Gasteiger partial charge is 0.450 e. The van der Waals surface area contributed by atoms with E-state index in [0.29, 0.717) is 13.2 Å². The van der Waals surface area contributed by atoms with Gasteiger partial charge in [-0.15, -0.1) is 0 Å². The van der Waals surface area contributed by atoms with Crippen molar-refractivity contribution in [3.05, 3.63) is 12.2 Å². The Morgan fingerprint density at radius 1 is 1.70 bits per heavy atom. The average Bonchev–Trinajstić information content (AvgIpc) is 1.89. The van der Waals surface area contributed by atoms with Crippen LogP contribution in [0.2, 0.25) is 0 Å². The summed E-state index contributed by atoms with van der Waals surface area (Å²) in [5.41, 5.74) is 0. The molecular weight excluding hydrogens is 130 g/mol. The molecule has 0 aliphatic heterocycles. The molecule has 0 aliphatic rings. The van der Waals surface area contributed by atoms with Crippen LogP contribution in [0, 0.1) is 0 Å². The predicted octanol–water partition coefficient (Wildman–Crippen LogP) is 1.31. The van der Waals surface area contributed by atoms with Gasteiger partial charge >= 0.3 is 6.09 Å². The van der Waals surface area contributed by atoms with Gasteiger partial charge in [0.25, 0.3) is 0 Å². The molecule has 0 radical (unpaired) electrons. The number of amides is 1. The monoisotopic (exact) mass is 143 g/mol. The number of carbonyl (C=O) groups is 1. The van der Waals surface area contributed by atoms with Crippen LogP contribution in [0.25, 0.3) is 0 Å². The molecule has 58 valence electrons. The highest BCUT2D eigenvalue weighted by Gasteiger charge is 1.94. The van der Waals surface area contributed by atoms with E-state index in [1.165, 1.54) is 0 Å². The quantitative estimate of drug-likeness (QED) is 0.605. The maximum atomic E-state index is 10.6. The molecule has 3 heteroatoms. The highest BCUT2D eigenvalue weighted by Crippen LogP contribution is 1.75. The highest BCUT2D eigenvalue weighted by molar-refractivity contribution is 5.67. The second-order valence-electron chi connectivity index (χ2n) is 1.67. The van der Waals surface area contributed by atoms with Gasteiger partial charge in [0.15, 0.2) is 0 Å². The van der Waals surface area contributed by atoms with Gasteiger partial charge in [-0.25, -0.2) is 4.79 Å². The van der Waals surface area contributed by atoms with E-state index in [-0.39, 0.29) is 6.09 Å². The molecular formula is C7H13NO2. The second kappa shape index (κ2) is 6.13. The summed E-state index contributed by atoms with van der Waals surface area (Å²) in [5, 5.41) is 2.54. The normalized spacial score (nSPS) is 9.80. The van der Waals surface area contributed by atoms with Crippen LogP contribution in [-0.2, 0) is 4.74 Å². The van der Waals surface area contributed by atoms with Crippen LogP contribution >= 0.6 is 0 Å². The van der Waals surface area contributed by atoms with Crippen LogP contribution in [0.5, 0.6) is 0 Å². The van der Waals surface area contributed by atoms with E-state index in [2.05, 4.69) is 10.1 Å². The Labute approximate surface area is 61.1 Å². The van der Waals surface area contributed by atoms with Crippen LogP contribution in [-0.4, -0.2) is 19.2 Å². The first-order valence-corrected chi connectivity index (χ1v) is 3.33. The SMILES string of the molecule is C/C=C/CNC(=O)OCC. The van der Waals surface area contributed by atoms with Crippen molar-refractivity contribution in [1.82, 2.24) is 5.32 Å². The Kier molecular flexibility index (Phi) is 5.53. The molecule has 1 amide bonds. The van der Waals surface area contributed by atoms with Crippen LogP contribution in [0.1, 0.15) is 13.8 Å². The minimum absolute atomic E-state index is 0.361. The minimum atomic E-state index is -0.361. The molecule has 10 heavy (non-hydrogen) atoms. The summed E-state index contributed by atoms with van der Waals surface area (Å²) in [4.78, 5) is 10.6. The summed E-state index contributed by atoms with van der Waals surface area (Å²) >= 11 is 0. The van der Waals surface area contributed by atoms with E-state index < -0.39 is 0 Å². The third-order valence-corrected chi connectivity index (χ3v) is 0.875. The molecule has 0 aromatic rings. The van der Waals surface area contributed by atoms with Gasteiger partial charge in [-0.3, -0.25) is 0 Å². The van der Waals surface area contributed by atoms with E-state index in [1.54, 1.807) is 6.92 Å². The van der Waals surface area contributed by atoms with Gasteiger partial charge < -0.3 is 10.1 Å². The number of carbonyl (C=O) groups excluding carboxylic acids is 1.